The first-order valence-corrected chi connectivity index (χ1v) is 24.9. The summed E-state index contributed by atoms with van der Waals surface area (Å²) in [4.78, 5) is 25.3. The molecule has 0 heterocycles. The van der Waals surface area contributed by atoms with Gasteiger partial charge in [-0.05, 0) is 64.2 Å². The first-order valence-electron chi connectivity index (χ1n) is 24.9. The van der Waals surface area contributed by atoms with E-state index in [1.54, 1.807) is 0 Å². The lowest BCUT2D eigenvalue weighted by atomic mass is 10.0. The summed E-state index contributed by atoms with van der Waals surface area (Å²) >= 11 is 0. The number of esters is 2. The second-order valence-electron chi connectivity index (χ2n) is 16.7. The fraction of sp³-hybridized carbons (Fsp3) is 0.882. The van der Waals surface area contributed by atoms with Crippen molar-refractivity contribution in [3.8, 4) is 0 Å². The van der Waals surface area contributed by atoms with E-state index in [-0.39, 0.29) is 25.2 Å². The van der Waals surface area contributed by atoms with Gasteiger partial charge in [0.25, 0.3) is 0 Å². The maximum absolute atomic E-state index is 12.7. The molecule has 0 N–H and O–H groups in total. The largest absolute Gasteiger partial charge is 0.462 e. The summed E-state index contributed by atoms with van der Waals surface area (Å²) in [6, 6.07) is 0. The van der Waals surface area contributed by atoms with Crippen LogP contribution in [0.1, 0.15) is 265 Å². The number of unbranched alkanes of at least 4 members (excludes halogenated alkanes) is 31. The van der Waals surface area contributed by atoms with Crippen LogP contribution in [0.25, 0.3) is 0 Å². The van der Waals surface area contributed by atoms with E-state index in [9.17, 15) is 9.59 Å². The Morgan fingerprint density at radius 3 is 1.16 bits per heavy atom. The van der Waals surface area contributed by atoms with Gasteiger partial charge in [0.15, 0.2) is 6.10 Å². The normalized spacial score (nSPS) is 12.3. The molecule has 0 aromatic rings. The fourth-order valence-electron chi connectivity index (χ4n) is 7.19. The van der Waals surface area contributed by atoms with Crippen LogP contribution < -0.4 is 0 Å². The van der Waals surface area contributed by atoms with E-state index >= 15 is 0 Å². The molecule has 0 rings (SSSR count). The predicted molar refractivity (Wildman–Crippen MR) is 242 cm³/mol. The van der Waals surface area contributed by atoms with Crippen molar-refractivity contribution < 1.29 is 23.8 Å². The van der Waals surface area contributed by atoms with Crippen LogP contribution in [0, 0.1) is 0 Å². The Labute approximate surface area is 349 Å². The highest BCUT2D eigenvalue weighted by Gasteiger charge is 2.17. The Kier molecular flexibility index (Phi) is 46.4. The Hall–Kier alpha value is -1.62. The van der Waals surface area contributed by atoms with Crippen LogP contribution in [0.5, 0.6) is 0 Å². The number of hydrogen-bond donors (Lipinski definition) is 0. The Bertz CT molecular complexity index is 851. The second-order valence-corrected chi connectivity index (χ2v) is 16.7. The molecule has 0 radical (unpaired) electrons. The first-order chi connectivity index (χ1) is 27.6. The molecule has 0 spiro atoms. The molecule has 0 aromatic heterocycles. The van der Waals surface area contributed by atoms with Crippen molar-refractivity contribution >= 4 is 11.9 Å². The minimum atomic E-state index is -0.535. The number of rotatable bonds is 46. The average Bonchev–Trinajstić information content (AvgIpc) is 3.20. The zero-order valence-electron chi connectivity index (χ0n) is 37.9. The number of hydrogen-bond acceptors (Lipinski definition) is 5. The zero-order valence-corrected chi connectivity index (χ0v) is 37.9. The molecule has 5 nitrogen and oxygen atoms in total. The summed E-state index contributed by atoms with van der Waals surface area (Å²) in [5.41, 5.74) is 0. The van der Waals surface area contributed by atoms with Gasteiger partial charge >= 0.3 is 11.9 Å². The molecule has 0 aromatic carbocycles. The van der Waals surface area contributed by atoms with Crippen molar-refractivity contribution in [3.05, 3.63) is 24.3 Å². The SMILES string of the molecule is CCCC/C=C\CCCCCCCC(=O)OC(COCCCCCCCCCCCCCCCCCC)COC(=O)CCCCCCC/C=C\CCCCCC. The molecule has 0 saturated carbocycles. The average molecular weight is 789 g/mol. The molecule has 0 aliphatic rings. The summed E-state index contributed by atoms with van der Waals surface area (Å²) in [7, 11) is 0. The lowest BCUT2D eigenvalue weighted by Crippen LogP contribution is -2.30. The van der Waals surface area contributed by atoms with E-state index in [1.165, 1.54) is 173 Å². The minimum Gasteiger partial charge on any atom is -0.462 e. The summed E-state index contributed by atoms with van der Waals surface area (Å²) in [6.45, 7) is 7.80. The number of allylic oxidation sites excluding steroid dienone is 4. The van der Waals surface area contributed by atoms with Crippen LogP contribution in [-0.4, -0.2) is 37.9 Å². The summed E-state index contributed by atoms with van der Waals surface area (Å²) in [5, 5.41) is 0. The highest BCUT2D eigenvalue weighted by Crippen LogP contribution is 2.15. The standard InChI is InChI=1S/C51H96O5/c1-4-7-10-13-16-19-22-24-25-26-28-31-34-37-40-43-46-54-47-49(56-51(53)45-42-39-36-33-29-21-18-15-12-9-6-3)48-55-50(52)44-41-38-35-32-30-27-23-20-17-14-11-8-5-2/h15,18,20,23,49H,4-14,16-17,19,21-22,24-48H2,1-3H3/b18-15-,23-20-. The second kappa shape index (κ2) is 47.8. The van der Waals surface area contributed by atoms with Gasteiger partial charge in [-0.15, -0.1) is 0 Å². The monoisotopic (exact) mass is 789 g/mol. The van der Waals surface area contributed by atoms with E-state index < -0.39 is 6.10 Å². The van der Waals surface area contributed by atoms with Gasteiger partial charge in [0.05, 0.1) is 6.61 Å². The van der Waals surface area contributed by atoms with Gasteiger partial charge in [0.2, 0.25) is 0 Å². The molecule has 56 heavy (non-hydrogen) atoms. The lowest BCUT2D eigenvalue weighted by Gasteiger charge is -2.18. The predicted octanol–water partition coefficient (Wildman–Crippen LogP) is 16.5. The third kappa shape index (κ3) is 45.1. The van der Waals surface area contributed by atoms with Crippen LogP contribution in [0.3, 0.4) is 0 Å². The van der Waals surface area contributed by atoms with Gasteiger partial charge < -0.3 is 14.2 Å². The van der Waals surface area contributed by atoms with Gasteiger partial charge in [-0.2, -0.15) is 0 Å². The van der Waals surface area contributed by atoms with Gasteiger partial charge in [-0.25, -0.2) is 0 Å². The molecule has 0 aliphatic heterocycles. The van der Waals surface area contributed by atoms with Crippen LogP contribution >= 0.6 is 0 Å². The maximum atomic E-state index is 12.7. The molecule has 1 unspecified atom stereocenters. The van der Waals surface area contributed by atoms with Crippen molar-refractivity contribution in [2.75, 3.05) is 19.8 Å². The molecule has 330 valence electrons. The molecular formula is C51H96O5. The molecule has 0 bridgehead atoms. The fourth-order valence-corrected chi connectivity index (χ4v) is 7.19. The highest BCUT2D eigenvalue weighted by molar-refractivity contribution is 5.70. The third-order valence-electron chi connectivity index (χ3n) is 11.0. The van der Waals surface area contributed by atoms with Crippen LogP contribution in [0.15, 0.2) is 24.3 Å². The molecule has 1 atom stereocenters. The molecule has 5 heteroatoms. The van der Waals surface area contributed by atoms with Crippen molar-refractivity contribution in [3.63, 3.8) is 0 Å². The Morgan fingerprint density at radius 2 is 0.714 bits per heavy atom. The number of carbonyl (C=O) groups excluding carboxylic acids is 2. The topological polar surface area (TPSA) is 61.8 Å². The summed E-state index contributed by atoms with van der Waals surface area (Å²) in [5.74, 6) is -0.405. The van der Waals surface area contributed by atoms with E-state index in [0.717, 1.165) is 57.8 Å². The van der Waals surface area contributed by atoms with E-state index in [1.807, 2.05) is 0 Å². The third-order valence-corrected chi connectivity index (χ3v) is 11.0. The summed E-state index contributed by atoms with van der Waals surface area (Å²) < 4.78 is 17.4. The van der Waals surface area contributed by atoms with Gasteiger partial charge in [-0.1, -0.05) is 212 Å². The van der Waals surface area contributed by atoms with Gasteiger partial charge in [0.1, 0.15) is 6.61 Å². The quantitative estimate of drug-likeness (QED) is 0.0349. The van der Waals surface area contributed by atoms with Gasteiger partial charge in [0, 0.05) is 19.4 Å². The summed E-state index contributed by atoms with van der Waals surface area (Å²) in [6.07, 6.45) is 54.6. The van der Waals surface area contributed by atoms with Crippen molar-refractivity contribution in [1.29, 1.82) is 0 Å². The molecule has 0 aliphatic carbocycles. The first kappa shape index (κ1) is 54.4. The number of ether oxygens (including phenoxy) is 3. The van der Waals surface area contributed by atoms with E-state index in [2.05, 4.69) is 45.1 Å². The molecule has 0 fully saturated rings. The van der Waals surface area contributed by atoms with Crippen LogP contribution in [0.2, 0.25) is 0 Å². The maximum Gasteiger partial charge on any atom is 0.306 e. The smallest absolute Gasteiger partial charge is 0.306 e. The van der Waals surface area contributed by atoms with E-state index in [4.69, 9.17) is 14.2 Å². The Balaban J connectivity index is 4.21. The van der Waals surface area contributed by atoms with Crippen molar-refractivity contribution in [1.82, 2.24) is 0 Å². The number of carbonyl (C=O) groups is 2. The lowest BCUT2D eigenvalue weighted by molar-refractivity contribution is -0.163. The zero-order chi connectivity index (χ0) is 40.7. The van der Waals surface area contributed by atoms with Crippen LogP contribution in [-0.2, 0) is 23.8 Å². The molecule has 0 saturated heterocycles. The van der Waals surface area contributed by atoms with Crippen LogP contribution in [0.4, 0.5) is 0 Å². The Morgan fingerprint density at radius 1 is 0.375 bits per heavy atom. The molecule has 0 amide bonds. The van der Waals surface area contributed by atoms with Gasteiger partial charge in [-0.3, -0.25) is 9.59 Å². The van der Waals surface area contributed by atoms with E-state index in [0.29, 0.717) is 19.4 Å². The van der Waals surface area contributed by atoms with Crippen molar-refractivity contribution in [2.24, 2.45) is 0 Å². The minimum absolute atomic E-state index is 0.0834. The molecular weight excluding hydrogens is 693 g/mol. The highest BCUT2D eigenvalue weighted by atomic mass is 16.6. The van der Waals surface area contributed by atoms with Crippen molar-refractivity contribution in [2.45, 2.75) is 271 Å².